The van der Waals surface area contributed by atoms with Gasteiger partial charge in [0.25, 0.3) is 5.91 Å². The number of anilines is 1. The van der Waals surface area contributed by atoms with Gasteiger partial charge in [-0.3, -0.25) is 9.78 Å². The number of hydrogen-bond donors (Lipinski definition) is 2. The standard InChI is InChI=1S/C16H20N4O/c1-16(2,3)13-11(10-5-7-19-8-6-10)9-12(14(17)21)15(18-4)20-13/h5-9H,1-4H3,(H2,17,21)(H,18,20). The largest absolute Gasteiger partial charge is 0.372 e. The van der Waals surface area contributed by atoms with E-state index in [4.69, 9.17) is 5.73 Å². The van der Waals surface area contributed by atoms with Crippen molar-refractivity contribution in [2.45, 2.75) is 26.2 Å². The zero-order valence-electron chi connectivity index (χ0n) is 12.8. The number of nitrogens with zero attached hydrogens (tertiary/aromatic N) is 2. The van der Waals surface area contributed by atoms with Gasteiger partial charge in [0.05, 0.1) is 11.3 Å². The Balaban J connectivity index is 2.77. The van der Waals surface area contributed by atoms with Gasteiger partial charge in [0.1, 0.15) is 5.82 Å². The summed E-state index contributed by atoms with van der Waals surface area (Å²) in [6.07, 6.45) is 3.44. The third kappa shape index (κ3) is 3.02. The first-order chi connectivity index (χ1) is 9.84. The van der Waals surface area contributed by atoms with E-state index >= 15 is 0 Å². The molecular weight excluding hydrogens is 264 g/mol. The number of nitrogens with one attached hydrogen (secondary N) is 1. The topological polar surface area (TPSA) is 80.9 Å². The van der Waals surface area contributed by atoms with E-state index < -0.39 is 5.91 Å². The smallest absolute Gasteiger partial charge is 0.252 e. The van der Waals surface area contributed by atoms with E-state index in [0.717, 1.165) is 16.8 Å². The summed E-state index contributed by atoms with van der Waals surface area (Å²) in [6.45, 7) is 6.26. The van der Waals surface area contributed by atoms with E-state index in [1.807, 2.05) is 12.1 Å². The van der Waals surface area contributed by atoms with Gasteiger partial charge in [-0.2, -0.15) is 0 Å². The number of rotatable bonds is 3. The van der Waals surface area contributed by atoms with Gasteiger partial charge < -0.3 is 11.1 Å². The van der Waals surface area contributed by atoms with Crippen LogP contribution in [0.15, 0.2) is 30.6 Å². The third-order valence-corrected chi connectivity index (χ3v) is 3.23. The molecule has 0 radical (unpaired) electrons. The number of aromatic nitrogens is 2. The molecule has 2 aromatic heterocycles. The van der Waals surface area contributed by atoms with Gasteiger partial charge in [0, 0.05) is 30.4 Å². The fourth-order valence-electron chi connectivity index (χ4n) is 2.21. The predicted molar refractivity (Wildman–Crippen MR) is 84.2 cm³/mol. The molecule has 0 unspecified atom stereocenters. The Labute approximate surface area is 124 Å². The normalized spacial score (nSPS) is 11.2. The Kier molecular flexibility index (Phi) is 3.93. The SMILES string of the molecule is CNc1nc(C(C)(C)C)c(-c2ccncc2)cc1C(N)=O. The molecule has 0 aliphatic carbocycles. The van der Waals surface area contributed by atoms with Crippen molar-refractivity contribution in [3.05, 3.63) is 41.9 Å². The molecule has 5 heteroatoms. The van der Waals surface area contributed by atoms with Gasteiger partial charge in [-0.15, -0.1) is 0 Å². The number of nitrogens with two attached hydrogens (primary N) is 1. The van der Waals surface area contributed by atoms with Crippen LogP contribution in [-0.2, 0) is 5.41 Å². The first-order valence-corrected chi connectivity index (χ1v) is 6.78. The van der Waals surface area contributed by atoms with Gasteiger partial charge in [0.15, 0.2) is 0 Å². The Morgan fingerprint density at radius 1 is 1.24 bits per heavy atom. The molecule has 0 aliphatic rings. The monoisotopic (exact) mass is 284 g/mol. The minimum absolute atomic E-state index is 0.166. The molecule has 0 saturated heterocycles. The molecular formula is C16H20N4O. The summed E-state index contributed by atoms with van der Waals surface area (Å²) >= 11 is 0. The lowest BCUT2D eigenvalue weighted by molar-refractivity contribution is 0.100. The van der Waals surface area contributed by atoms with Crippen LogP contribution < -0.4 is 11.1 Å². The van der Waals surface area contributed by atoms with Gasteiger partial charge in [-0.1, -0.05) is 20.8 Å². The molecule has 0 atom stereocenters. The lowest BCUT2D eigenvalue weighted by Crippen LogP contribution is -2.20. The van der Waals surface area contributed by atoms with E-state index in [0.29, 0.717) is 11.4 Å². The zero-order chi connectivity index (χ0) is 15.6. The lowest BCUT2D eigenvalue weighted by Gasteiger charge is -2.23. The van der Waals surface area contributed by atoms with Crippen LogP contribution in [0.2, 0.25) is 0 Å². The number of primary amides is 1. The number of amides is 1. The minimum Gasteiger partial charge on any atom is -0.372 e. The van der Waals surface area contributed by atoms with Crippen molar-refractivity contribution in [1.82, 2.24) is 9.97 Å². The highest BCUT2D eigenvalue weighted by Crippen LogP contribution is 2.34. The van der Waals surface area contributed by atoms with E-state index in [-0.39, 0.29) is 5.41 Å². The highest BCUT2D eigenvalue weighted by Gasteiger charge is 2.24. The molecule has 2 aromatic rings. The van der Waals surface area contributed by atoms with Crippen molar-refractivity contribution in [3.63, 3.8) is 0 Å². The predicted octanol–water partition coefficient (Wildman–Crippen LogP) is 2.58. The van der Waals surface area contributed by atoms with Crippen molar-refractivity contribution >= 4 is 11.7 Å². The maximum atomic E-state index is 11.7. The third-order valence-electron chi connectivity index (χ3n) is 3.23. The maximum Gasteiger partial charge on any atom is 0.252 e. The van der Waals surface area contributed by atoms with Crippen LogP contribution in [-0.4, -0.2) is 22.9 Å². The van der Waals surface area contributed by atoms with E-state index in [9.17, 15) is 4.79 Å². The number of carbonyl (C=O) groups excluding carboxylic acids is 1. The molecule has 0 spiro atoms. The Hall–Kier alpha value is -2.43. The van der Waals surface area contributed by atoms with Crippen molar-refractivity contribution in [3.8, 4) is 11.1 Å². The fourth-order valence-corrected chi connectivity index (χ4v) is 2.21. The second kappa shape index (κ2) is 5.52. The average molecular weight is 284 g/mol. The summed E-state index contributed by atoms with van der Waals surface area (Å²) in [7, 11) is 1.73. The number of hydrogen-bond acceptors (Lipinski definition) is 4. The second-order valence-electron chi connectivity index (χ2n) is 5.88. The second-order valence-corrected chi connectivity index (χ2v) is 5.88. The minimum atomic E-state index is -0.498. The zero-order valence-corrected chi connectivity index (χ0v) is 12.8. The molecule has 5 nitrogen and oxygen atoms in total. The maximum absolute atomic E-state index is 11.7. The molecule has 0 aliphatic heterocycles. The first kappa shape index (κ1) is 15.0. The molecule has 0 saturated carbocycles. The van der Waals surface area contributed by atoms with Gasteiger partial charge in [-0.05, 0) is 23.8 Å². The van der Waals surface area contributed by atoms with Crippen molar-refractivity contribution in [1.29, 1.82) is 0 Å². The molecule has 2 rings (SSSR count). The van der Waals surface area contributed by atoms with Crippen molar-refractivity contribution in [2.24, 2.45) is 5.73 Å². The molecule has 110 valence electrons. The number of pyridine rings is 2. The van der Waals surface area contributed by atoms with Crippen LogP contribution in [0.3, 0.4) is 0 Å². The Morgan fingerprint density at radius 3 is 2.33 bits per heavy atom. The van der Waals surface area contributed by atoms with Crippen molar-refractivity contribution in [2.75, 3.05) is 12.4 Å². The van der Waals surface area contributed by atoms with E-state index in [1.54, 1.807) is 25.5 Å². The molecule has 3 N–H and O–H groups in total. The van der Waals surface area contributed by atoms with Gasteiger partial charge >= 0.3 is 0 Å². The molecule has 0 fully saturated rings. The molecule has 2 heterocycles. The van der Waals surface area contributed by atoms with Gasteiger partial charge in [0.2, 0.25) is 0 Å². The number of carbonyl (C=O) groups is 1. The summed E-state index contributed by atoms with van der Waals surface area (Å²) in [4.78, 5) is 20.3. The molecule has 21 heavy (non-hydrogen) atoms. The van der Waals surface area contributed by atoms with Crippen LogP contribution in [0.25, 0.3) is 11.1 Å². The quantitative estimate of drug-likeness (QED) is 0.907. The van der Waals surface area contributed by atoms with E-state index in [1.165, 1.54) is 0 Å². The Bertz CT molecular complexity index is 660. The van der Waals surface area contributed by atoms with Crippen LogP contribution in [0.1, 0.15) is 36.8 Å². The van der Waals surface area contributed by atoms with Crippen LogP contribution in [0.4, 0.5) is 5.82 Å². The highest BCUT2D eigenvalue weighted by molar-refractivity contribution is 5.99. The van der Waals surface area contributed by atoms with E-state index in [2.05, 4.69) is 36.1 Å². The van der Waals surface area contributed by atoms with Crippen LogP contribution in [0.5, 0.6) is 0 Å². The molecule has 0 aromatic carbocycles. The van der Waals surface area contributed by atoms with Crippen molar-refractivity contribution < 1.29 is 4.79 Å². The summed E-state index contributed by atoms with van der Waals surface area (Å²) in [5.74, 6) is 0.00727. The average Bonchev–Trinajstić information content (AvgIpc) is 2.45. The van der Waals surface area contributed by atoms with Gasteiger partial charge in [-0.25, -0.2) is 4.98 Å². The first-order valence-electron chi connectivity index (χ1n) is 6.78. The summed E-state index contributed by atoms with van der Waals surface area (Å²) in [6, 6.07) is 5.60. The fraction of sp³-hybridized carbons (Fsp3) is 0.312. The Morgan fingerprint density at radius 2 is 1.86 bits per heavy atom. The van der Waals surface area contributed by atoms with Crippen LogP contribution in [0, 0.1) is 0 Å². The molecule has 0 bridgehead atoms. The van der Waals surface area contributed by atoms with Crippen LogP contribution >= 0.6 is 0 Å². The highest BCUT2D eigenvalue weighted by atomic mass is 16.1. The summed E-state index contributed by atoms with van der Waals surface area (Å²) < 4.78 is 0. The summed E-state index contributed by atoms with van der Waals surface area (Å²) in [5.41, 5.74) is 8.46. The summed E-state index contributed by atoms with van der Waals surface area (Å²) in [5, 5.41) is 2.94. The lowest BCUT2D eigenvalue weighted by atomic mass is 9.85. The molecule has 1 amide bonds.